The van der Waals surface area contributed by atoms with E-state index in [1.807, 2.05) is 0 Å². The molecule has 2 heterocycles. The van der Waals surface area contributed by atoms with Gasteiger partial charge < -0.3 is 14.8 Å². The van der Waals surface area contributed by atoms with Crippen LogP contribution in [-0.4, -0.2) is 49.8 Å². The predicted molar refractivity (Wildman–Crippen MR) is 102 cm³/mol. The molecule has 0 bridgehead atoms. The van der Waals surface area contributed by atoms with Crippen molar-refractivity contribution in [2.45, 2.75) is 22.1 Å². The SMILES string of the molecule is C[C@H](Sc1ccc(S(=O)(=O)N(C)C)cn1)C(=O)Nc1ccc2c(c1)OCO2. The minimum atomic E-state index is -3.52. The number of ether oxygens (including phenoxy) is 2. The van der Waals surface area contributed by atoms with Crippen molar-refractivity contribution in [2.24, 2.45) is 0 Å². The highest BCUT2D eigenvalue weighted by molar-refractivity contribution is 8.00. The number of sulfonamides is 1. The molecule has 0 spiro atoms. The standard InChI is InChI=1S/C17H19N3O5S2/c1-11(17(21)19-12-4-6-14-15(8-12)25-10-24-14)26-16-7-5-13(9-18-16)27(22,23)20(2)3/h4-9,11H,10H2,1-3H3,(H,19,21)/t11-/m0/s1. The number of rotatable bonds is 6. The maximum absolute atomic E-state index is 12.4. The summed E-state index contributed by atoms with van der Waals surface area (Å²) in [5, 5.41) is 2.94. The molecular formula is C17H19N3O5S2. The van der Waals surface area contributed by atoms with Crippen LogP contribution in [0.15, 0.2) is 46.5 Å². The van der Waals surface area contributed by atoms with Crippen molar-refractivity contribution in [3.05, 3.63) is 36.5 Å². The van der Waals surface area contributed by atoms with Gasteiger partial charge in [0.1, 0.15) is 4.90 Å². The van der Waals surface area contributed by atoms with E-state index in [2.05, 4.69) is 10.3 Å². The molecule has 0 saturated heterocycles. The zero-order chi connectivity index (χ0) is 19.6. The fourth-order valence-electron chi connectivity index (χ4n) is 2.25. The van der Waals surface area contributed by atoms with E-state index in [-0.39, 0.29) is 17.6 Å². The second-order valence-electron chi connectivity index (χ2n) is 5.94. The van der Waals surface area contributed by atoms with E-state index in [1.54, 1.807) is 31.2 Å². The Morgan fingerprint density at radius 3 is 2.63 bits per heavy atom. The van der Waals surface area contributed by atoms with Gasteiger partial charge in [0.05, 0.1) is 10.3 Å². The first-order valence-electron chi connectivity index (χ1n) is 8.03. The van der Waals surface area contributed by atoms with E-state index in [4.69, 9.17) is 9.47 Å². The first-order valence-corrected chi connectivity index (χ1v) is 10.3. The highest BCUT2D eigenvalue weighted by Gasteiger charge is 2.20. The zero-order valence-corrected chi connectivity index (χ0v) is 16.6. The van der Waals surface area contributed by atoms with E-state index in [9.17, 15) is 13.2 Å². The number of hydrogen-bond donors (Lipinski definition) is 1. The van der Waals surface area contributed by atoms with Gasteiger partial charge in [-0.25, -0.2) is 17.7 Å². The Morgan fingerprint density at radius 1 is 1.22 bits per heavy atom. The van der Waals surface area contributed by atoms with Gasteiger partial charge in [-0.15, -0.1) is 0 Å². The van der Waals surface area contributed by atoms with E-state index < -0.39 is 15.3 Å². The van der Waals surface area contributed by atoms with Gasteiger partial charge in [0.25, 0.3) is 0 Å². The Labute approximate surface area is 161 Å². The summed E-state index contributed by atoms with van der Waals surface area (Å²) in [7, 11) is -0.606. The van der Waals surface area contributed by atoms with E-state index in [1.165, 1.54) is 38.1 Å². The van der Waals surface area contributed by atoms with Gasteiger partial charge in [-0.2, -0.15) is 0 Å². The third-order valence-electron chi connectivity index (χ3n) is 3.79. The molecule has 1 amide bonds. The number of fused-ring (bicyclic) bond motifs is 1. The fraction of sp³-hybridized carbons (Fsp3) is 0.294. The lowest BCUT2D eigenvalue weighted by molar-refractivity contribution is -0.115. The van der Waals surface area contributed by atoms with Crippen LogP contribution in [0.3, 0.4) is 0 Å². The highest BCUT2D eigenvalue weighted by atomic mass is 32.2. The van der Waals surface area contributed by atoms with E-state index >= 15 is 0 Å². The Hall–Kier alpha value is -2.30. The topological polar surface area (TPSA) is 97.8 Å². The van der Waals surface area contributed by atoms with Crippen molar-refractivity contribution < 1.29 is 22.7 Å². The number of aromatic nitrogens is 1. The normalized spacial score (nSPS) is 14.2. The second-order valence-corrected chi connectivity index (χ2v) is 9.45. The molecule has 1 aliphatic rings. The van der Waals surface area contributed by atoms with Crippen molar-refractivity contribution in [1.29, 1.82) is 0 Å². The van der Waals surface area contributed by atoms with Crippen LogP contribution in [0.5, 0.6) is 11.5 Å². The first-order chi connectivity index (χ1) is 12.8. The van der Waals surface area contributed by atoms with Crippen molar-refractivity contribution >= 4 is 33.4 Å². The molecule has 0 saturated carbocycles. The second kappa shape index (κ2) is 7.75. The van der Waals surface area contributed by atoms with Crippen molar-refractivity contribution in [3.8, 4) is 11.5 Å². The van der Waals surface area contributed by atoms with Crippen LogP contribution in [0, 0.1) is 0 Å². The molecule has 10 heteroatoms. The Balaban J connectivity index is 1.63. The highest BCUT2D eigenvalue weighted by Crippen LogP contribution is 2.34. The molecule has 27 heavy (non-hydrogen) atoms. The number of hydrogen-bond acceptors (Lipinski definition) is 7. The molecule has 3 rings (SSSR count). The van der Waals surface area contributed by atoms with Gasteiger partial charge in [0.15, 0.2) is 11.5 Å². The van der Waals surface area contributed by atoms with Crippen molar-refractivity contribution in [1.82, 2.24) is 9.29 Å². The number of anilines is 1. The molecule has 1 atom stereocenters. The van der Waals surface area contributed by atoms with Crippen LogP contribution >= 0.6 is 11.8 Å². The summed E-state index contributed by atoms with van der Waals surface area (Å²) in [6.45, 7) is 1.92. The fourth-order valence-corrected chi connectivity index (χ4v) is 3.89. The number of carbonyl (C=O) groups is 1. The van der Waals surface area contributed by atoms with Gasteiger partial charge >= 0.3 is 0 Å². The average molecular weight is 409 g/mol. The monoisotopic (exact) mass is 409 g/mol. The number of amides is 1. The van der Waals surface area contributed by atoms with Crippen molar-refractivity contribution in [3.63, 3.8) is 0 Å². The van der Waals surface area contributed by atoms with Gasteiger partial charge in [0.2, 0.25) is 22.7 Å². The summed E-state index contributed by atoms with van der Waals surface area (Å²) in [6.07, 6.45) is 1.29. The number of carbonyl (C=O) groups excluding carboxylic acids is 1. The summed E-state index contributed by atoms with van der Waals surface area (Å²) in [5.41, 5.74) is 0.608. The minimum absolute atomic E-state index is 0.106. The third-order valence-corrected chi connectivity index (χ3v) is 6.64. The van der Waals surface area contributed by atoms with E-state index in [0.717, 1.165) is 4.31 Å². The maximum atomic E-state index is 12.4. The van der Waals surface area contributed by atoms with Gasteiger partial charge in [0, 0.05) is 32.0 Å². The van der Waals surface area contributed by atoms with Gasteiger partial charge in [-0.05, 0) is 31.2 Å². The quantitative estimate of drug-likeness (QED) is 0.730. The first kappa shape index (κ1) is 19.5. The molecule has 1 aliphatic heterocycles. The van der Waals surface area contributed by atoms with Crippen LogP contribution < -0.4 is 14.8 Å². The predicted octanol–water partition coefficient (Wildman–Crippen LogP) is 2.18. The smallest absolute Gasteiger partial charge is 0.244 e. The molecule has 0 unspecified atom stereocenters. The van der Waals surface area contributed by atoms with Crippen LogP contribution in [0.1, 0.15) is 6.92 Å². The van der Waals surface area contributed by atoms with Crippen LogP contribution in [0.4, 0.5) is 5.69 Å². The Morgan fingerprint density at radius 2 is 1.96 bits per heavy atom. The molecule has 0 radical (unpaired) electrons. The summed E-state index contributed by atoms with van der Waals surface area (Å²) >= 11 is 1.24. The number of pyridine rings is 1. The summed E-state index contributed by atoms with van der Waals surface area (Å²) < 4.78 is 35.8. The lowest BCUT2D eigenvalue weighted by Crippen LogP contribution is -2.23. The van der Waals surface area contributed by atoms with Gasteiger partial charge in [-0.3, -0.25) is 4.79 Å². The van der Waals surface area contributed by atoms with Crippen LogP contribution in [0.2, 0.25) is 0 Å². The largest absolute Gasteiger partial charge is 0.454 e. The maximum Gasteiger partial charge on any atom is 0.244 e. The summed E-state index contributed by atoms with van der Waals surface area (Å²) in [6, 6.07) is 8.25. The van der Waals surface area contributed by atoms with Crippen LogP contribution in [-0.2, 0) is 14.8 Å². The summed E-state index contributed by atoms with van der Waals surface area (Å²) in [5.74, 6) is 1.03. The average Bonchev–Trinajstić information content (AvgIpc) is 3.09. The third kappa shape index (κ3) is 4.34. The van der Waals surface area contributed by atoms with E-state index in [0.29, 0.717) is 22.2 Å². The molecular weight excluding hydrogens is 390 g/mol. The Kier molecular flexibility index (Phi) is 5.59. The minimum Gasteiger partial charge on any atom is -0.454 e. The zero-order valence-electron chi connectivity index (χ0n) is 15.0. The lowest BCUT2D eigenvalue weighted by Gasteiger charge is -2.13. The molecule has 8 nitrogen and oxygen atoms in total. The number of benzene rings is 1. The number of nitrogens with zero attached hydrogens (tertiary/aromatic N) is 2. The van der Waals surface area contributed by atoms with Crippen LogP contribution in [0.25, 0.3) is 0 Å². The number of nitrogens with one attached hydrogen (secondary N) is 1. The van der Waals surface area contributed by atoms with Gasteiger partial charge in [-0.1, -0.05) is 11.8 Å². The molecule has 1 N–H and O–H groups in total. The molecule has 1 aromatic carbocycles. The van der Waals surface area contributed by atoms with Crippen molar-refractivity contribution in [2.75, 3.05) is 26.2 Å². The molecule has 0 fully saturated rings. The Bertz CT molecular complexity index is 946. The molecule has 144 valence electrons. The lowest BCUT2D eigenvalue weighted by atomic mass is 10.2. The number of thioether (sulfide) groups is 1. The molecule has 1 aromatic heterocycles. The molecule has 0 aliphatic carbocycles. The summed E-state index contributed by atoms with van der Waals surface area (Å²) in [4.78, 5) is 16.6. The molecule has 2 aromatic rings.